The summed E-state index contributed by atoms with van der Waals surface area (Å²) in [6.45, 7) is 3.53. The average molecular weight is 207 g/mol. The largest absolute Gasteiger partial charge is 0.504 e. The molecule has 2 N–H and O–H groups in total. The molecule has 2 rings (SSSR count). The van der Waals surface area contributed by atoms with Crippen LogP contribution >= 0.6 is 0 Å². The van der Waals surface area contributed by atoms with Crippen molar-refractivity contribution in [1.29, 1.82) is 0 Å². The molecular weight excluding hydrogens is 190 g/mol. The van der Waals surface area contributed by atoms with Gasteiger partial charge in [-0.05, 0) is 32.4 Å². The van der Waals surface area contributed by atoms with Gasteiger partial charge in [0.05, 0.1) is 6.61 Å². The van der Waals surface area contributed by atoms with Crippen LogP contribution in [0.4, 0.5) is 0 Å². The van der Waals surface area contributed by atoms with Crippen molar-refractivity contribution in [3.05, 3.63) is 23.8 Å². The SMILES string of the molecule is CCOc1cccc(C2CCCN2)c1O. The Kier molecular flexibility index (Phi) is 3.11. The summed E-state index contributed by atoms with van der Waals surface area (Å²) >= 11 is 0. The zero-order valence-corrected chi connectivity index (χ0v) is 8.99. The highest BCUT2D eigenvalue weighted by Gasteiger charge is 2.20. The number of para-hydroxylation sites is 1. The molecular formula is C12H17NO2. The van der Waals surface area contributed by atoms with Crippen LogP contribution in [-0.2, 0) is 0 Å². The lowest BCUT2D eigenvalue weighted by atomic mass is 10.0. The number of phenolic OH excluding ortho intramolecular Hbond substituents is 1. The van der Waals surface area contributed by atoms with Crippen LogP contribution in [0.15, 0.2) is 18.2 Å². The van der Waals surface area contributed by atoms with E-state index in [4.69, 9.17) is 4.74 Å². The number of nitrogens with one attached hydrogen (secondary N) is 1. The number of benzene rings is 1. The number of phenols is 1. The van der Waals surface area contributed by atoms with Gasteiger partial charge in [-0.25, -0.2) is 0 Å². The molecule has 0 spiro atoms. The number of rotatable bonds is 3. The molecule has 1 atom stereocenters. The van der Waals surface area contributed by atoms with E-state index in [1.165, 1.54) is 6.42 Å². The van der Waals surface area contributed by atoms with Crippen molar-refractivity contribution in [2.45, 2.75) is 25.8 Å². The van der Waals surface area contributed by atoms with Crippen LogP contribution in [0.25, 0.3) is 0 Å². The Labute approximate surface area is 90.1 Å². The third kappa shape index (κ3) is 2.07. The molecule has 1 unspecified atom stereocenters. The fourth-order valence-corrected chi connectivity index (χ4v) is 2.04. The van der Waals surface area contributed by atoms with E-state index >= 15 is 0 Å². The van der Waals surface area contributed by atoms with Crippen molar-refractivity contribution >= 4 is 0 Å². The van der Waals surface area contributed by atoms with E-state index in [-0.39, 0.29) is 6.04 Å². The summed E-state index contributed by atoms with van der Waals surface area (Å²) in [6, 6.07) is 5.98. The lowest BCUT2D eigenvalue weighted by Crippen LogP contribution is -2.13. The Hall–Kier alpha value is -1.22. The molecule has 0 aliphatic carbocycles. The van der Waals surface area contributed by atoms with Gasteiger partial charge in [0.2, 0.25) is 0 Å². The van der Waals surface area contributed by atoms with Gasteiger partial charge in [-0.2, -0.15) is 0 Å². The summed E-state index contributed by atoms with van der Waals surface area (Å²) in [7, 11) is 0. The van der Waals surface area contributed by atoms with E-state index in [9.17, 15) is 5.11 Å². The molecule has 0 bridgehead atoms. The van der Waals surface area contributed by atoms with E-state index in [1.54, 1.807) is 6.07 Å². The highest BCUT2D eigenvalue weighted by molar-refractivity contribution is 5.47. The van der Waals surface area contributed by atoms with Gasteiger partial charge in [0.1, 0.15) is 0 Å². The maximum atomic E-state index is 10.0. The highest BCUT2D eigenvalue weighted by atomic mass is 16.5. The Morgan fingerprint density at radius 3 is 3.07 bits per heavy atom. The van der Waals surface area contributed by atoms with Gasteiger partial charge < -0.3 is 15.2 Å². The van der Waals surface area contributed by atoms with E-state index in [2.05, 4.69) is 5.32 Å². The topological polar surface area (TPSA) is 41.5 Å². The van der Waals surface area contributed by atoms with Gasteiger partial charge in [-0.15, -0.1) is 0 Å². The first-order valence-electron chi connectivity index (χ1n) is 5.51. The van der Waals surface area contributed by atoms with Gasteiger partial charge >= 0.3 is 0 Å². The van der Waals surface area contributed by atoms with Crippen LogP contribution in [0.2, 0.25) is 0 Å². The summed E-state index contributed by atoms with van der Waals surface area (Å²) < 4.78 is 5.36. The van der Waals surface area contributed by atoms with E-state index in [0.29, 0.717) is 18.1 Å². The molecule has 0 saturated carbocycles. The molecule has 1 aliphatic heterocycles. The van der Waals surface area contributed by atoms with Crippen molar-refractivity contribution < 1.29 is 9.84 Å². The third-order valence-electron chi connectivity index (χ3n) is 2.77. The maximum Gasteiger partial charge on any atom is 0.162 e. The number of hydrogen-bond donors (Lipinski definition) is 2. The zero-order valence-electron chi connectivity index (χ0n) is 8.99. The highest BCUT2D eigenvalue weighted by Crippen LogP contribution is 2.36. The van der Waals surface area contributed by atoms with Gasteiger partial charge in [-0.3, -0.25) is 0 Å². The molecule has 3 nitrogen and oxygen atoms in total. The molecule has 3 heteroatoms. The van der Waals surface area contributed by atoms with Crippen LogP contribution < -0.4 is 10.1 Å². The normalized spacial score (nSPS) is 20.5. The van der Waals surface area contributed by atoms with Crippen LogP contribution in [-0.4, -0.2) is 18.3 Å². The molecule has 1 aliphatic rings. The van der Waals surface area contributed by atoms with Crippen molar-refractivity contribution in [1.82, 2.24) is 5.32 Å². The predicted molar refractivity (Wildman–Crippen MR) is 59.3 cm³/mol. The molecule has 1 heterocycles. The molecule has 15 heavy (non-hydrogen) atoms. The van der Waals surface area contributed by atoms with Crippen LogP contribution in [0, 0.1) is 0 Å². The van der Waals surface area contributed by atoms with Crippen molar-refractivity contribution in [2.75, 3.05) is 13.2 Å². The smallest absolute Gasteiger partial charge is 0.162 e. The lowest BCUT2D eigenvalue weighted by Gasteiger charge is -2.15. The summed E-state index contributed by atoms with van der Waals surface area (Å²) in [5.74, 6) is 0.877. The van der Waals surface area contributed by atoms with Crippen LogP contribution in [0.1, 0.15) is 31.4 Å². The monoisotopic (exact) mass is 207 g/mol. The minimum Gasteiger partial charge on any atom is -0.504 e. The summed E-state index contributed by atoms with van der Waals surface area (Å²) in [6.07, 6.45) is 2.26. The van der Waals surface area contributed by atoms with Gasteiger partial charge in [0.25, 0.3) is 0 Å². The minimum absolute atomic E-state index is 0.283. The molecule has 1 fully saturated rings. The Morgan fingerprint density at radius 2 is 2.40 bits per heavy atom. The Balaban J connectivity index is 2.26. The van der Waals surface area contributed by atoms with Crippen molar-refractivity contribution in [2.24, 2.45) is 0 Å². The second-order valence-electron chi connectivity index (χ2n) is 3.78. The molecule has 0 aromatic heterocycles. The Morgan fingerprint density at radius 1 is 1.53 bits per heavy atom. The molecule has 0 radical (unpaired) electrons. The van der Waals surface area contributed by atoms with E-state index in [0.717, 1.165) is 18.5 Å². The number of ether oxygens (including phenoxy) is 1. The fourth-order valence-electron chi connectivity index (χ4n) is 2.04. The van der Waals surface area contributed by atoms with E-state index in [1.807, 2.05) is 19.1 Å². The van der Waals surface area contributed by atoms with Crippen LogP contribution in [0.3, 0.4) is 0 Å². The summed E-state index contributed by atoms with van der Waals surface area (Å²) in [4.78, 5) is 0. The molecule has 0 amide bonds. The predicted octanol–water partition coefficient (Wildman–Crippen LogP) is 2.22. The minimum atomic E-state index is 0.283. The zero-order chi connectivity index (χ0) is 10.7. The van der Waals surface area contributed by atoms with Gasteiger partial charge in [0.15, 0.2) is 11.5 Å². The molecule has 1 aromatic carbocycles. The standard InChI is InChI=1S/C12H17NO2/c1-2-15-11-7-3-5-9(12(11)14)10-6-4-8-13-10/h3,5,7,10,13-14H,2,4,6,8H2,1H3. The molecule has 1 saturated heterocycles. The molecule has 1 aromatic rings. The van der Waals surface area contributed by atoms with Crippen molar-refractivity contribution in [3.8, 4) is 11.5 Å². The number of hydrogen-bond acceptors (Lipinski definition) is 3. The lowest BCUT2D eigenvalue weighted by molar-refractivity contribution is 0.315. The second-order valence-corrected chi connectivity index (χ2v) is 3.78. The third-order valence-corrected chi connectivity index (χ3v) is 2.77. The Bertz CT molecular complexity index is 332. The number of aromatic hydroxyl groups is 1. The van der Waals surface area contributed by atoms with Gasteiger partial charge in [-0.1, -0.05) is 12.1 Å². The first kappa shape index (κ1) is 10.3. The molecule has 82 valence electrons. The van der Waals surface area contributed by atoms with Gasteiger partial charge in [0, 0.05) is 11.6 Å². The first-order chi connectivity index (χ1) is 7.33. The fraction of sp³-hybridized carbons (Fsp3) is 0.500. The van der Waals surface area contributed by atoms with E-state index < -0.39 is 0 Å². The summed E-state index contributed by atoms with van der Waals surface area (Å²) in [5.41, 5.74) is 0.957. The maximum absolute atomic E-state index is 10.0. The average Bonchev–Trinajstić information content (AvgIpc) is 2.74. The summed E-state index contributed by atoms with van der Waals surface area (Å²) in [5, 5.41) is 13.4. The van der Waals surface area contributed by atoms with Crippen molar-refractivity contribution in [3.63, 3.8) is 0 Å². The quantitative estimate of drug-likeness (QED) is 0.798. The second kappa shape index (κ2) is 4.53. The van der Waals surface area contributed by atoms with Crippen LogP contribution in [0.5, 0.6) is 11.5 Å². The first-order valence-corrected chi connectivity index (χ1v) is 5.51.